The molecule has 2 aromatic heterocycles. The molecule has 0 aliphatic carbocycles. The van der Waals surface area contributed by atoms with Gasteiger partial charge in [0, 0.05) is 11.4 Å². The molecule has 1 saturated heterocycles. The zero-order valence-corrected chi connectivity index (χ0v) is 12.8. The molecule has 5 heteroatoms. The molecule has 20 heavy (non-hydrogen) atoms. The predicted molar refractivity (Wildman–Crippen MR) is 84.9 cm³/mol. The fourth-order valence-electron chi connectivity index (χ4n) is 2.97. The van der Waals surface area contributed by atoms with Gasteiger partial charge in [0.05, 0.1) is 16.5 Å². The highest BCUT2D eigenvalue weighted by molar-refractivity contribution is 7.16. The Morgan fingerprint density at radius 2 is 2.35 bits per heavy atom. The van der Waals surface area contributed by atoms with Gasteiger partial charge in [0.1, 0.15) is 10.8 Å². The molecule has 1 fully saturated rings. The van der Waals surface area contributed by atoms with E-state index in [4.69, 9.17) is 4.99 Å². The summed E-state index contributed by atoms with van der Waals surface area (Å²) in [5.41, 5.74) is 0.828. The highest BCUT2D eigenvalue weighted by atomic mass is 32.1. The molecular weight excluding hydrogens is 288 g/mol. The Morgan fingerprint density at radius 3 is 3.15 bits per heavy atom. The molecule has 4 heterocycles. The number of thiophene rings is 2. The number of carbonyl (C=O) groups is 1. The minimum Gasteiger partial charge on any atom is -0.321 e. The zero-order chi connectivity index (χ0) is 13.7. The van der Waals surface area contributed by atoms with E-state index in [1.165, 1.54) is 5.00 Å². The predicted octanol–water partition coefficient (Wildman–Crippen LogP) is 4.26. The summed E-state index contributed by atoms with van der Waals surface area (Å²) in [6.45, 7) is 3.00. The molecule has 0 bridgehead atoms. The van der Waals surface area contributed by atoms with Crippen molar-refractivity contribution in [3.8, 4) is 0 Å². The van der Waals surface area contributed by atoms with Crippen molar-refractivity contribution in [1.29, 1.82) is 0 Å². The van der Waals surface area contributed by atoms with Gasteiger partial charge < -0.3 is 4.90 Å². The number of Topliss-reactive ketones (excluding diaryl/α,β-unsaturated/α-hetero) is 1. The van der Waals surface area contributed by atoms with Crippen molar-refractivity contribution >= 4 is 44.3 Å². The summed E-state index contributed by atoms with van der Waals surface area (Å²) in [5.74, 6) is 1.17. The number of hydrogen-bond acceptors (Lipinski definition) is 5. The van der Waals surface area contributed by atoms with Gasteiger partial charge in [0.15, 0.2) is 5.78 Å². The van der Waals surface area contributed by atoms with Crippen LogP contribution in [0.4, 0.5) is 10.0 Å². The Morgan fingerprint density at radius 1 is 1.45 bits per heavy atom. The van der Waals surface area contributed by atoms with Gasteiger partial charge in [-0.15, -0.1) is 22.7 Å². The second kappa shape index (κ2) is 4.53. The lowest BCUT2D eigenvalue weighted by Crippen LogP contribution is -2.45. The van der Waals surface area contributed by atoms with Crippen molar-refractivity contribution in [3.05, 3.63) is 34.0 Å². The van der Waals surface area contributed by atoms with Crippen molar-refractivity contribution in [2.45, 2.75) is 19.8 Å². The van der Waals surface area contributed by atoms with E-state index in [2.05, 4.69) is 22.4 Å². The normalized spacial score (nSPS) is 21.4. The van der Waals surface area contributed by atoms with Gasteiger partial charge in [-0.3, -0.25) is 4.79 Å². The van der Waals surface area contributed by atoms with Crippen LogP contribution in [0.5, 0.6) is 0 Å². The van der Waals surface area contributed by atoms with E-state index in [9.17, 15) is 4.79 Å². The van der Waals surface area contributed by atoms with Crippen LogP contribution in [-0.2, 0) is 0 Å². The van der Waals surface area contributed by atoms with Crippen LogP contribution in [0.15, 0.2) is 28.6 Å². The monoisotopic (exact) mass is 302 g/mol. The summed E-state index contributed by atoms with van der Waals surface area (Å²) < 4.78 is 0. The molecule has 1 unspecified atom stereocenters. The quantitative estimate of drug-likeness (QED) is 0.788. The average Bonchev–Trinajstić information content (AvgIpc) is 3.07. The smallest absolute Gasteiger partial charge is 0.176 e. The first-order valence-electron chi connectivity index (χ1n) is 6.78. The van der Waals surface area contributed by atoms with Crippen LogP contribution < -0.4 is 4.90 Å². The molecule has 3 nitrogen and oxygen atoms in total. The van der Waals surface area contributed by atoms with Crippen LogP contribution in [0.2, 0.25) is 0 Å². The zero-order valence-electron chi connectivity index (χ0n) is 11.1. The van der Waals surface area contributed by atoms with Crippen molar-refractivity contribution in [3.63, 3.8) is 0 Å². The van der Waals surface area contributed by atoms with Crippen LogP contribution >= 0.6 is 22.7 Å². The minimum absolute atomic E-state index is 0.0488. The van der Waals surface area contributed by atoms with Crippen LogP contribution in [0.3, 0.4) is 0 Å². The second-order valence-corrected chi connectivity index (χ2v) is 7.37. The van der Waals surface area contributed by atoms with Crippen LogP contribution in [-0.4, -0.2) is 18.2 Å². The third-order valence-electron chi connectivity index (χ3n) is 3.87. The SMILES string of the molecule is Cc1cc2c(s1)N=C1C(CCCN1c1cccs1)C2=O. The van der Waals surface area contributed by atoms with E-state index in [1.54, 1.807) is 22.7 Å². The fourth-order valence-corrected chi connectivity index (χ4v) is 4.63. The van der Waals surface area contributed by atoms with Gasteiger partial charge >= 0.3 is 0 Å². The Balaban J connectivity index is 1.84. The Hall–Kier alpha value is -1.46. The lowest BCUT2D eigenvalue weighted by Gasteiger charge is -2.35. The number of piperidine rings is 1. The largest absolute Gasteiger partial charge is 0.321 e. The molecule has 1 atom stereocenters. The third kappa shape index (κ3) is 1.77. The maximum Gasteiger partial charge on any atom is 0.176 e. The van der Waals surface area contributed by atoms with E-state index < -0.39 is 0 Å². The van der Waals surface area contributed by atoms with Crippen molar-refractivity contribution < 1.29 is 4.79 Å². The number of carbonyl (C=O) groups excluding carboxylic acids is 1. The highest BCUT2D eigenvalue weighted by Crippen LogP contribution is 2.41. The summed E-state index contributed by atoms with van der Waals surface area (Å²) in [4.78, 5) is 20.9. The molecule has 2 aromatic rings. The number of amidine groups is 1. The second-order valence-electron chi connectivity index (χ2n) is 5.21. The first kappa shape index (κ1) is 12.3. The van der Waals surface area contributed by atoms with E-state index in [1.807, 2.05) is 13.0 Å². The number of anilines is 1. The summed E-state index contributed by atoms with van der Waals surface area (Å²) in [6, 6.07) is 6.15. The number of aryl methyl sites for hydroxylation is 1. The first-order chi connectivity index (χ1) is 9.74. The van der Waals surface area contributed by atoms with Gasteiger partial charge in [0.2, 0.25) is 0 Å². The molecule has 2 aliphatic heterocycles. The average molecular weight is 302 g/mol. The Bertz CT molecular complexity index is 700. The van der Waals surface area contributed by atoms with E-state index >= 15 is 0 Å². The van der Waals surface area contributed by atoms with E-state index in [-0.39, 0.29) is 11.7 Å². The minimum atomic E-state index is -0.0488. The summed E-state index contributed by atoms with van der Waals surface area (Å²) >= 11 is 3.33. The van der Waals surface area contributed by atoms with Gasteiger partial charge in [0.25, 0.3) is 0 Å². The standard InChI is InChI=1S/C15H14N2OS2/c1-9-8-11-13(18)10-4-2-6-17(12-5-3-7-19-12)14(10)16-15(11)20-9/h3,5,7-8,10H,2,4,6H2,1H3. The summed E-state index contributed by atoms with van der Waals surface area (Å²) in [5, 5.41) is 4.16. The number of rotatable bonds is 1. The number of hydrogen-bond donors (Lipinski definition) is 0. The molecule has 0 amide bonds. The van der Waals surface area contributed by atoms with Crippen LogP contribution in [0.1, 0.15) is 28.1 Å². The number of fused-ring (bicyclic) bond motifs is 2. The fraction of sp³-hybridized carbons (Fsp3) is 0.333. The first-order valence-corrected chi connectivity index (χ1v) is 8.48. The number of ketones is 1. The molecule has 2 aliphatic rings. The lowest BCUT2D eigenvalue weighted by atomic mass is 9.87. The van der Waals surface area contributed by atoms with Crippen molar-refractivity contribution in [2.75, 3.05) is 11.4 Å². The van der Waals surface area contributed by atoms with Gasteiger partial charge in [-0.05, 0) is 43.3 Å². The summed E-state index contributed by atoms with van der Waals surface area (Å²) in [7, 11) is 0. The number of aliphatic imine (C=N–C) groups is 1. The molecule has 0 spiro atoms. The Labute approximate surface area is 125 Å². The molecule has 4 rings (SSSR count). The van der Waals surface area contributed by atoms with Crippen molar-refractivity contribution in [1.82, 2.24) is 0 Å². The van der Waals surface area contributed by atoms with E-state index in [0.717, 1.165) is 40.7 Å². The molecule has 0 aromatic carbocycles. The maximum atomic E-state index is 12.7. The lowest BCUT2D eigenvalue weighted by molar-refractivity contribution is 0.0944. The van der Waals surface area contributed by atoms with Crippen LogP contribution in [0.25, 0.3) is 0 Å². The Kier molecular flexibility index (Phi) is 2.79. The molecule has 0 saturated carbocycles. The van der Waals surface area contributed by atoms with Gasteiger partial charge in [-0.1, -0.05) is 0 Å². The molecule has 102 valence electrons. The van der Waals surface area contributed by atoms with E-state index in [0.29, 0.717) is 0 Å². The summed E-state index contributed by atoms with van der Waals surface area (Å²) in [6.07, 6.45) is 1.97. The molecule has 0 radical (unpaired) electrons. The highest BCUT2D eigenvalue weighted by Gasteiger charge is 2.38. The van der Waals surface area contributed by atoms with Gasteiger partial charge in [-0.25, -0.2) is 4.99 Å². The van der Waals surface area contributed by atoms with Gasteiger partial charge in [-0.2, -0.15) is 0 Å². The topological polar surface area (TPSA) is 32.7 Å². The third-order valence-corrected chi connectivity index (χ3v) is 5.70. The van der Waals surface area contributed by atoms with Crippen molar-refractivity contribution in [2.24, 2.45) is 10.9 Å². The number of nitrogens with zero attached hydrogens (tertiary/aromatic N) is 2. The molecular formula is C15H14N2OS2. The maximum absolute atomic E-state index is 12.7. The van der Waals surface area contributed by atoms with Crippen LogP contribution in [0, 0.1) is 12.8 Å². The molecule has 0 N–H and O–H groups in total.